The Hall–Kier alpha value is -0.870. The fourth-order valence-electron chi connectivity index (χ4n) is 5.28. The van der Waals surface area contributed by atoms with E-state index in [0.717, 1.165) is 24.9 Å². The van der Waals surface area contributed by atoms with Crippen LogP contribution in [0.15, 0.2) is 23.1 Å². The molecule has 4 heteroatoms. The fourth-order valence-corrected chi connectivity index (χ4v) is 6.25. The van der Waals surface area contributed by atoms with E-state index < -0.39 is 9.84 Å². The Labute approximate surface area is 127 Å². The van der Waals surface area contributed by atoms with Gasteiger partial charge >= 0.3 is 0 Å². The van der Waals surface area contributed by atoms with E-state index in [9.17, 15) is 8.42 Å². The largest absolute Gasteiger partial charge is 0.313 e. The average Bonchev–Trinajstić information content (AvgIpc) is 2.45. The SMILES string of the molecule is CS(=O)(=O)c1cccc2c1C[C@H]1NCC[C@@]23CCCC[C@@H]13. The molecular formula is C17H23NO2S. The highest BCUT2D eigenvalue weighted by atomic mass is 32.2. The van der Waals surface area contributed by atoms with E-state index in [1.165, 1.54) is 37.5 Å². The third-order valence-electron chi connectivity index (χ3n) is 6.05. The second kappa shape index (κ2) is 4.56. The van der Waals surface area contributed by atoms with Crippen LogP contribution in [0.4, 0.5) is 0 Å². The van der Waals surface area contributed by atoms with Crippen LogP contribution < -0.4 is 5.32 Å². The highest BCUT2D eigenvalue weighted by Gasteiger charge is 2.52. The molecule has 1 saturated heterocycles. The van der Waals surface area contributed by atoms with Gasteiger partial charge in [0.2, 0.25) is 0 Å². The minimum absolute atomic E-state index is 0.239. The van der Waals surface area contributed by atoms with Crippen molar-refractivity contribution < 1.29 is 8.42 Å². The molecular weight excluding hydrogens is 282 g/mol. The zero-order chi connectivity index (χ0) is 14.7. The molecule has 0 unspecified atom stereocenters. The molecule has 2 bridgehead atoms. The van der Waals surface area contributed by atoms with Gasteiger partial charge in [-0.25, -0.2) is 8.42 Å². The lowest BCUT2D eigenvalue weighted by Crippen LogP contribution is -2.59. The van der Waals surface area contributed by atoms with E-state index in [1.807, 2.05) is 6.07 Å². The summed E-state index contributed by atoms with van der Waals surface area (Å²) in [5.41, 5.74) is 2.70. The molecule has 0 spiro atoms. The van der Waals surface area contributed by atoms with Gasteiger partial charge in [0.05, 0.1) is 4.90 Å². The molecule has 0 aromatic heterocycles. The molecule has 3 atom stereocenters. The van der Waals surface area contributed by atoms with Crippen molar-refractivity contribution in [1.29, 1.82) is 0 Å². The third-order valence-corrected chi connectivity index (χ3v) is 7.24. The smallest absolute Gasteiger partial charge is 0.175 e. The van der Waals surface area contributed by atoms with E-state index in [4.69, 9.17) is 0 Å². The van der Waals surface area contributed by atoms with Gasteiger partial charge < -0.3 is 5.32 Å². The summed E-state index contributed by atoms with van der Waals surface area (Å²) in [6.45, 7) is 1.07. The highest BCUT2D eigenvalue weighted by molar-refractivity contribution is 7.90. The summed E-state index contributed by atoms with van der Waals surface area (Å²) in [5.74, 6) is 0.697. The Morgan fingerprint density at radius 2 is 2.10 bits per heavy atom. The number of fused-ring (bicyclic) bond motifs is 1. The van der Waals surface area contributed by atoms with E-state index in [2.05, 4.69) is 11.4 Å². The monoisotopic (exact) mass is 305 g/mol. The zero-order valence-electron chi connectivity index (χ0n) is 12.6. The van der Waals surface area contributed by atoms with Crippen LogP contribution >= 0.6 is 0 Å². The predicted octanol–water partition coefficient (Wildman–Crippen LogP) is 2.44. The van der Waals surface area contributed by atoms with Crippen molar-refractivity contribution in [2.45, 2.75) is 54.9 Å². The number of hydrogen-bond acceptors (Lipinski definition) is 3. The molecule has 21 heavy (non-hydrogen) atoms. The Morgan fingerprint density at radius 3 is 2.90 bits per heavy atom. The van der Waals surface area contributed by atoms with Crippen molar-refractivity contribution in [3.63, 3.8) is 0 Å². The number of rotatable bonds is 1. The second-order valence-electron chi connectivity index (χ2n) is 7.08. The molecule has 1 N–H and O–H groups in total. The quantitative estimate of drug-likeness (QED) is 0.867. The number of benzene rings is 1. The average molecular weight is 305 g/mol. The molecule has 0 amide bonds. The number of sulfone groups is 1. The molecule has 114 valence electrons. The Balaban J connectivity index is 1.96. The molecule has 1 aliphatic heterocycles. The van der Waals surface area contributed by atoms with Crippen LogP contribution in [-0.2, 0) is 21.7 Å². The van der Waals surface area contributed by atoms with Gasteiger partial charge in [0.15, 0.2) is 9.84 Å². The van der Waals surface area contributed by atoms with Crippen molar-refractivity contribution in [3.05, 3.63) is 29.3 Å². The van der Waals surface area contributed by atoms with Crippen molar-refractivity contribution in [2.75, 3.05) is 12.8 Å². The van der Waals surface area contributed by atoms with Gasteiger partial charge in [-0.05, 0) is 55.3 Å². The minimum atomic E-state index is -3.14. The molecule has 3 nitrogen and oxygen atoms in total. The summed E-state index contributed by atoms with van der Waals surface area (Å²) in [6, 6.07) is 6.43. The van der Waals surface area contributed by atoms with Crippen molar-refractivity contribution >= 4 is 9.84 Å². The number of piperidine rings is 1. The van der Waals surface area contributed by atoms with E-state index in [-0.39, 0.29) is 5.41 Å². The van der Waals surface area contributed by atoms with E-state index >= 15 is 0 Å². The van der Waals surface area contributed by atoms with Gasteiger partial charge in [0, 0.05) is 17.7 Å². The first kappa shape index (κ1) is 13.8. The summed E-state index contributed by atoms with van der Waals surface area (Å²) in [4.78, 5) is 0.567. The Kier molecular flexibility index (Phi) is 2.99. The van der Waals surface area contributed by atoms with Gasteiger partial charge in [0.25, 0.3) is 0 Å². The van der Waals surface area contributed by atoms with E-state index in [0.29, 0.717) is 16.9 Å². The summed E-state index contributed by atoms with van der Waals surface area (Å²) in [6.07, 6.45) is 8.52. The van der Waals surface area contributed by atoms with Crippen LogP contribution in [0, 0.1) is 5.92 Å². The van der Waals surface area contributed by atoms with Gasteiger partial charge in [-0.15, -0.1) is 0 Å². The maximum Gasteiger partial charge on any atom is 0.175 e. The van der Waals surface area contributed by atoms with Crippen LogP contribution in [-0.4, -0.2) is 27.3 Å². The van der Waals surface area contributed by atoms with E-state index in [1.54, 1.807) is 6.07 Å². The zero-order valence-corrected chi connectivity index (χ0v) is 13.4. The fraction of sp³-hybridized carbons (Fsp3) is 0.647. The predicted molar refractivity (Wildman–Crippen MR) is 83.3 cm³/mol. The summed E-state index contributed by atoms with van der Waals surface area (Å²) in [7, 11) is -3.14. The second-order valence-corrected chi connectivity index (χ2v) is 9.06. The first-order valence-electron chi connectivity index (χ1n) is 8.08. The molecule has 2 aliphatic carbocycles. The number of hydrogen-bond donors (Lipinski definition) is 1. The Morgan fingerprint density at radius 1 is 1.24 bits per heavy atom. The van der Waals surface area contributed by atoms with Crippen LogP contribution in [0.2, 0.25) is 0 Å². The summed E-state index contributed by atoms with van der Waals surface area (Å²) < 4.78 is 24.3. The molecule has 4 rings (SSSR count). The minimum Gasteiger partial charge on any atom is -0.313 e. The molecule has 1 heterocycles. The van der Waals surface area contributed by atoms with Crippen molar-refractivity contribution in [3.8, 4) is 0 Å². The third kappa shape index (κ3) is 1.92. The first-order chi connectivity index (χ1) is 10.0. The standard InChI is InChI=1S/C17H23NO2S/c1-21(19,20)16-7-4-6-13-12(16)11-15-14-5-2-3-8-17(13,14)9-10-18-15/h4,6-7,14-15,18H,2-3,5,8-11H2,1H3/t14-,15+,17-/m0/s1. The lowest BCUT2D eigenvalue weighted by molar-refractivity contribution is 0.0789. The van der Waals surface area contributed by atoms with Crippen LogP contribution in [0.3, 0.4) is 0 Å². The van der Waals surface area contributed by atoms with Gasteiger partial charge in [-0.2, -0.15) is 0 Å². The molecule has 3 aliphatic rings. The molecule has 1 aromatic rings. The van der Waals surface area contributed by atoms with Gasteiger partial charge in [0.1, 0.15) is 0 Å². The molecule has 1 saturated carbocycles. The van der Waals surface area contributed by atoms with Gasteiger partial charge in [-0.1, -0.05) is 25.0 Å². The van der Waals surface area contributed by atoms with Gasteiger partial charge in [-0.3, -0.25) is 0 Å². The molecule has 0 radical (unpaired) electrons. The first-order valence-corrected chi connectivity index (χ1v) is 9.97. The molecule has 1 aromatic carbocycles. The lowest BCUT2D eigenvalue weighted by Gasteiger charge is -2.56. The summed E-state index contributed by atoms with van der Waals surface area (Å²) >= 11 is 0. The Bertz CT molecular complexity index is 678. The maximum atomic E-state index is 12.2. The molecule has 2 fully saturated rings. The van der Waals surface area contributed by atoms with Crippen LogP contribution in [0.5, 0.6) is 0 Å². The topological polar surface area (TPSA) is 46.2 Å². The van der Waals surface area contributed by atoms with Crippen LogP contribution in [0.1, 0.15) is 43.2 Å². The normalized spacial score (nSPS) is 34.9. The van der Waals surface area contributed by atoms with Crippen molar-refractivity contribution in [2.24, 2.45) is 5.92 Å². The lowest BCUT2D eigenvalue weighted by atomic mass is 9.53. The summed E-state index contributed by atoms with van der Waals surface area (Å²) in [5, 5.41) is 3.67. The van der Waals surface area contributed by atoms with Crippen molar-refractivity contribution in [1.82, 2.24) is 5.32 Å². The van der Waals surface area contributed by atoms with Crippen LogP contribution in [0.25, 0.3) is 0 Å². The highest BCUT2D eigenvalue weighted by Crippen LogP contribution is 2.54. The number of nitrogens with one attached hydrogen (secondary N) is 1. The maximum absolute atomic E-state index is 12.2.